The fourth-order valence-corrected chi connectivity index (χ4v) is 4.49. The molecular formula is C20H26N4O. The smallest absolute Gasteiger partial charge is 0.227 e. The van der Waals surface area contributed by atoms with Crippen LogP contribution in [0.15, 0.2) is 42.6 Å². The summed E-state index contributed by atoms with van der Waals surface area (Å²) in [5.74, 6) is 0.243. The number of para-hydroxylation sites is 1. The molecule has 1 saturated heterocycles. The van der Waals surface area contributed by atoms with E-state index in [4.69, 9.17) is 0 Å². The largest absolute Gasteiger partial charge is 0.355 e. The average molecular weight is 338 g/mol. The maximum absolute atomic E-state index is 12.9. The van der Waals surface area contributed by atoms with Crippen LogP contribution in [0.25, 0.3) is 5.69 Å². The summed E-state index contributed by atoms with van der Waals surface area (Å²) in [7, 11) is 0. The minimum atomic E-state index is -0.169. The Morgan fingerprint density at radius 1 is 1.24 bits per heavy atom. The van der Waals surface area contributed by atoms with Gasteiger partial charge in [0.15, 0.2) is 0 Å². The molecular weight excluding hydrogens is 312 g/mol. The zero-order valence-electron chi connectivity index (χ0n) is 14.6. The molecule has 132 valence electrons. The van der Waals surface area contributed by atoms with Gasteiger partial charge in [-0.3, -0.25) is 4.79 Å². The third-order valence-corrected chi connectivity index (χ3v) is 5.84. The molecule has 2 aromatic rings. The summed E-state index contributed by atoms with van der Waals surface area (Å²) in [5.41, 5.74) is 2.01. The molecule has 1 saturated carbocycles. The van der Waals surface area contributed by atoms with Crippen LogP contribution in [0, 0.1) is 5.41 Å². The van der Waals surface area contributed by atoms with Crippen LogP contribution in [-0.4, -0.2) is 34.8 Å². The minimum absolute atomic E-state index is 0.169. The highest BCUT2D eigenvalue weighted by molar-refractivity contribution is 5.84. The Kier molecular flexibility index (Phi) is 4.57. The average Bonchev–Trinajstić information content (AvgIpc) is 3.30. The van der Waals surface area contributed by atoms with Gasteiger partial charge >= 0.3 is 0 Å². The highest BCUT2D eigenvalue weighted by Crippen LogP contribution is 2.42. The predicted molar refractivity (Wildman–Crippen MR) is 97.6 cm³/mol. The monoisotopic (exact) mass is 338 g/mol. The molecule has 4 rings (SSSR count). The Morgan fingerprint density at radius 2 is 2.12 bits per heavy atom. The van der Waals surface area contributed by atoms with Gasteiger partial charge in [0.25, 0.3) is 0 Å². The lowest BCUT2D eigenvalue weighted by atomic mass is 9.70. The lowest BCUT2D eigenvalue weighted by Gasteiger charge is -2.37. The Morgan fingerprint density at radius 3 is 3.00 bits per heavy atom. The normalized spacial score (nSPS) is 25.5. The number of carbonyl (C=O) groups is 1. The van der Waals surface area contributed by atoms with Crippen molar-refractivity contribution in [1.29, 1.82) is 0 Å². The van der Waals surface area contributed by atoms with Crippen LogP contribution in [0.5, 0.6) is 0 Å². The van der Waals surface area contributed by atoms with Crippen molar-refractivity contribution in [3.8, 4) is 5.69 Å². The maximum Gasteiger partial charge on any atom is 0.227 e. The summed E-state index contributed by atoms with van der Waals surface area (Å²) < 4.78 is 1.95. The molecule has 5 nitrogen and oxygen atoms in total. The third kappa shape index (κ3) is 3.09. The van der Waals surface area contributed by atoms with Gasteiger partial charge in [-0.25, -0.2) is 4.68 Å². The molecule has 2 fully saturated rings. The van der Waals surface area contributed by atoms with Gasteiger partial charge in [0.1, 0.15) is 0 Å². The van der Waals surface area contributed by atoms with Crippen LogP contribution in [0.4, 0.5) is 0 Å². The van der Waals surface area contributed by atoms with Crippen molar-refractivity contribution in [2.75, 3.05) is 13.1 Å². The Labute approximate surface area is 148 Å². The molecule has 2 atom stereocenters. The number of hydrogen-bond donors (Lipinski definition) is 2. The number of fused-ring (bicyclic) bond motifs is 1. The van der Waals surface area contributed by atoms with E-state index in [1.165, 1.54) is 12.8 Å². The van der Waals surface area contributed by atoms with E-state index in [0.29, 0.717) is 12.6 Å². The number of hydrogen-bond acceptors (Lipinski definition) is 3. The summed E-state index contributed by atoms with van der Waals surface area (Å²) >= 11 is 0. The van der Waals surface area contributed by atoms with E-state index in [0.717, 1.165) is 43.6 Å². The maximum atomic E-state index is 12.9. The van der Waals surface area contributed by atoms with E-state index < -0.39 is 0 Å². The second-order valence-corrected chi connectivity index (χ2v) is 7.23. The molecule has 1 aromatic carbocycles. The van der Waals surface area contributed by atoms with Crippen LogP contribution < -0.4 is 10.6 Å². The third-order valence-electron chi connectivity index (χ3n) is 5.84. The zero-order valence-corrected chi connectivity index (χ0v) is 14.6. The molecule has 25 heavy (non-hydrogen) atoms. The lowest BCUT2D eigenvalue weighted by molar-refractivity contribution is -0.133. The summed E-state index contributed by atoms with van der Waals surface area (Å²) in [4.78, 5) is 12.9. The first kappa shape index (κ1) is 16.3. The van der Waals surface area contributed by atoms with Gasteiger partial charge in [-0.1, -0.05) is 31.0 Å². The Hall–Kier alpha value is -2.14. The highest BCUT2D eigenvalue weighted by atomic mass is 16.2. The van der Waals surface area contributed by atoms with E-state index in [9.17, 15) is 4.79 Å². The Bertz CT molecular complexity index is 726. The second kappa shape index (κ2) is 7.00. The fourth-order valence-electron chi connectivity index (χ4n) is 4.49. The molecule has 1 aliphatic heterocycles. The molecule has 1 aliphatic carbocycles. The van der Waals surface area contributed by atoms with Crippen molar-refractivity contribution in [1.82, 2.24) is 20.4 Å². The van der Waals surface area contributed by atoms with Gasteiger partial charge in [0.2, 0.25) is 5.91 Å². The number of carbonyl (C=O) groups excluding carboxylic acids is 1. The first-order valence-electron chi connectivity index (χ1n) is 9.40. The standard InChI is InChI=1S/C20H26N4O/c25-19(20-11-5-4-8-18(20)21-15-12-20)22-13-9-17-10-14-23-24(17)16-6-2-1-3-7-16/h1-3,6-7,10,14,18,21H,4-5,8-9,11-13,15H2,(H,22,25)/t18-,20+/m0/s1. The number of benzene rings is 1. The number of aromatic nitrogens is 2. The molecule has 2 aliphatic rings. The van der Waals surface area contributed by atoms with Gasteiger partial charge < -0.3 is 10.6 Å². The molecule has 0 bridgehead atoms. The van der Waals surface area contributed by atoms with E-state index >= 15 is 0 Å². The molecule has 2 heterocycles. The molecule has 1 aromatic heterocycles. The van der Waals surface area contributed by atoms with Gasteiger partial charge in [0.05, 0.1) is 11.1 Å². The fraction of sp³-hybridized carbons (Fsp3) is 0.500. The quantitative estimate of drug-likeness (QED) is 0.880. The van der Waals surface area contributed by atoms with Crippen LogP contribution in [0.3, 0.4) is 0 Å². The minimum Gasteiger partial charge on any atom is -0.355 e. The molecule has 0 spiro atoms. The van der Waals surface area contributed by atoms with Gasteiger partial charge in [0, 0.05) is 30.9 Å². The van der Waals surface area contributed by atoms with Crippen molar-refractivity contribution in [3.63, 3.8) is 0 Å². The van der Waals surface area contributed by atoms with Crippen LogP contribution in [0.1, 0.15) is 37.8 Å². The van der Waals surface area contributed by atoms with Gasteiger partial charge in [-0.15, -0.1) is 0 Å². The van der Waals surface area contributed by atoms with Gasteiger partial charge in [-0.2, -0.15) is 5.10 Å². The summed E-state index contributed by atoms with van der Waals surface area (Å²) in [5, 5.41) is 11.2. The molecule has 0 radical (unpaired) electrons. The Balaban J connectivity index is 1.39. The van der Waals surface area contributed by atoms with E-state index in [1.807, 2.05) is 47.3 Å². The molecule has 1 amide bonds. The summed E-state index contributed by atoms with van der Waals surface area (Å²) in [6.07, 6.45) is 8.16. The van der Waals surface area contributed by atoms with Crippen molar-refractivity contribution < 1.29 is 4.79 Å². The SMILES string of the molecule is O=C(NCCc1ccnn1-c1ccccc1)[C@@]12CCCC[C@@H]1NCC2. The first-order chi connectivity index (χ1) is 12.3. The molecule has 0 unspecified atom stereocenters. The van der Waals surface area contributed by atoms with Crippen molar-refractivity contribution in [2.45, 2.75) is 44.6 Å². The lowest BCUT2D eigenvalue weighted by Crippen LogP contribution is -2.50. The number of rotatable bonds is 5. The van der Waals surface area contributed by atoms with Crippen LogP contribution >= 0.6 is 0 Å². The molecule has 5 heteroatoms. The number of nitrogens with zero attached hydrogens (tertiary/aromatic N) is 2. The number of amides is 1. The predicted octanol–water partition coefficient (Wildman–Crippen LogP) is 2.45. The van der Waals surface area contributed by atoms with Crippen molar-refractivity contribution in [2.24, 2.45) is 5.41 Å². The summed E-state index contributed by atoms with van der Waals surface area (Å²) in [6, 6.07) is 12.5. The highest BCUT2D eigenvalue weighted by Gasteiger charge is 2.49. The van der Waals surface area contributed by atoms with E-state index in [2.05, 4.69) is 15.7 Å². The van der Waals surface area contributed by atoms with Crippen molar-refractivity contribution in [3.05, 3.63) is 48.3 Å². The topological polar surface area (TPSA) is 59.0 Å². The van der Waals surface area contributed by atoms with Crippen LogP contribution in [0.2, 0.25) is 0 Å². The van der Waals surface area contributed by atoms with E-state index in [1.54, 1.807) is 0 Å². The number of nitrogens with one attached hydrogen (secondary N) is 2. The zero-order chi connectivity index (χ0) is 17.1. The van der Waals surface area contributed by atoms with Gasteiger partial charge in [-0.05, 0) is 44.0 Å². The van der Waals surface area contributed by atoms with Crippen molar-refractivity contribution >= 4 is 5.91 Å². The van der Waals surface area contributed by atoms with E-state index in [-0.39, 0.29) is 11.3 Å². The molecule has 2 N–H and O–H groups in total. The van der Waals surface area contributed by atoms with Crippen LogP contribution in [-0.2, 0) is 11.2 Å². The first-order valence-corrected chi connectivity index (χ1v) is 9.40. The summed E-state index contributed by atoms with van der Waals surface area (Å²) in [6.45, 7) is 1.63. The second-order valence-electron chi connectivity index (χ2n) is 7.23.